The molecule has 2 N–H and O–H groups in total. The van der Waals surface area contributed by atoms with Gasteiger partial charge in [0.2, 0.25) is 5.91 Å². The van der Waals surface area contributed by atoms with Gasteiger partial charge in [0.05, 0.1) is 10.9 Å². The number of fused-ring (bicyclic) bond motifs is 1. The number of rotatable bonds is 3. The number of H-pyrrole nitrogens is 1. The number of para-hydroxylation sites is 1. The Morgan fingerprint density at radius 1 is 1.04 bits per heavy atom. The molecule has 1 saturated carbocycles. The second-order valence-electron chi connectivity index (χ2n) is 7.68. The highest BCUT2D eigenvalue weighted by Gasteiger charge is 2.30. The van der Waals surface area contributed by atoms with Crippen LogP contribution in [0.1, 0.15) is 25.7 Å². The van der Waals surface area contributed by atoms with Crippen LogP contribution in [0.3, 0.4) is 0 Å². The van der Waals surface area contributed by atoms with Crippen molar-refractivity contribution < 1.29 is 4.79 Å². The number of piperazine rings is 1. The lowest BCUT2D eigenvalue weighted by Crippen LogP contribution is -2.49. The van der Waals surface area contributed by atoms with Gasteiger partial charge in [0.1, 0.15) is 0 Å². The fraction of sp³-hybridized carbons (Fsp3) is 0.550. The number of benzene rings is 1. The van der Waals surface area contributed by atoms with Gasteiger partial charge in [-0.15, -0.1) is 0 Å². The molecule has 2 fully saturated rings. The molecule has 1 aromatic heterocycles. The smallest absolute Gasteiger partial charge is 0.328 e. The highest BCUT2D eigenvalue weighted by atomic mass is 16.2. The van der Waals surface area contributed by atoms with E-state index in [4.69, 9.17) is 0 Å². The fourth-order valence-corrected chi connectivity index (χ4v) is 4.36. The van der Waals surface area contributed by atoms with E-state index < -0.39 is 0 Å². The molecule has 0 atom stereocenters. The van der Waals surface area contributed by atoms with Crippen molar-refractivity contribution in [1.29, 1.82) is 0 Å². The molecule has 2 heterocycles. The SMILES string of the molecule is O=C(C1CCC(Cn2c(=O)[nH]c3ccccc3c2=O)CC1)N1CCNCC1. The molecule has 1 aromatic carbocycles. The Kier molecular flexibility index (Phi) is 5.11. The van der Waals surface area contributed by atoms with Crippen LogP contribution < -0.4 is 16.6 Å². The van der Waals surface area contributed by atoms with Gasteiger partial charge in [-0.2, -0.15) is 0 Å². The number of nitrogens with zero attached hydrogens (tertiary/aromatic N) is 2. The van der Waals surface area contributed by atoms with Gasteiger partial charge in [-0.05, 0) is 43.7 Å². The van der Waals surface area contributed by atoms with Crippen molar-refractivity contribution in [3.63, 3.8) is 0 Å². The number of carbonyl (C=O) groups is 1. The number of hydrogen-bond acceptors (Lipinski definition) is 4. The number of hydrogen-bond donors (Lipinski definition) is 2. The maximum Gasteiger partial charge on any atom is 0.328 e. The lowest BCUT2D eigenvalue weighted by Gasteiger charge is -2.34. The molecule has 7 heteroatoms. The molecule has 0 bridgehead atoms. The summed E-state index contributed by atoms with van der Waals surface area (Å²) in [6.07, 6.45) is 3.43. The summed E-state index contributed by atoms with van der Waals surface area (Å²) in [7, 11) is 0. The summed E-state index contributed by atoms with van der Waals surface area (Å²) in [5.41, 5.74) is 0.000148. The summed E-state index contributed by atoms with van der Waals surface area (Å²) in [5, 5.41) is 3.81. The topological polar surface area (TPSA) is 87.2 Å². The first-order chi connectivity index (χ1) is 13.1. The highest BCUT2D eigenvalue weighted by Crippen LogP contribution is 2.30. The first-order valence-corrected chi connectivity index (χ1v) is 9.85. The molecule has 1 aliphatic heterocycles. The van der Waals surface area contributed by atoms with Crippen LogP contribution >= 0.6 is 0 Å². The molecule has 4 rings (SSSR count). The number of carbonyl (C=O) groups excluding carboxylic acids is 1. The van der Waals surface area contributed by atoms with E-state index in [9.17, 15) is 14.4 Å². The quantitative estimate of drug-likeness (QED) is 0.841. The van der Waals surface area contributed by atoms with Crippen molar-refractivity contribution >= 4 is 16.8 Å². The van der Waals surface area contributed by atoms with E-state index in [1.165, 1.54) is 4.57 Å². The Balaban J connectivity index is 1.42. The average molecular weight is 370 g/mol. The zero-order valence-corrected chi connectivity index (χ0v) is 15.4. The van der Waals surface area contributed by atoms with E-state index in [1.807, 2.05) is 4.90 Å². The van der Waals surface area contributed by atoms with Gasteiger partial charge in [-0.3, -0.25) is 14.2 Å². The molecule has 0 unspecified atom stereocenters. The molecular formula is C20H26N4O3. The monoisotopic (exact) mass is 370 g/mol. The van der Waals surface area contributed by atoms with Crippen LogP contribution in [0.25, 0.3) is 10.9 Å². The molecule has 1 amide bonds. The summed E-state index contributed by atoms with van der Waals surface area (Å²) in [5.74, 6) is 0.624. The number of nitrogens with one attached hydrogen (secondary N) is 2. The zero-order chi connectivity index (χ0) is 18.8. The van der Waals surface area contributed by atoms with Crippen molar-refractivity contribution in [1.82, 2.24) is 19.8 Å². The van der Waals surface area contributed by atoms with E-state index in [1.54, 1.807) is 24.3 Å². The third-order valence-electron chi connectivity index (χ3n) is 5.95. The first kappa shape index (κ1) is 18.0. The predicted octanol–water partition coefficient (Wildman–Crippen LogP) is 0.928. The minimum atomic E-state index is -0.349. The minimum Gasteiger partial charge on any atom is -0.340 e. The zero-order valence-electron chi connectivity index (χ0n) is 15.4. The van der Waals surface area contributed by atoms with E-state index in [0.29, 0.717) is 17.4 Å². The summed E-state index contributed by atoms with van der Waals surface area (Å²) >= 11 is 0. The highest BCUT2D eigenvalue weighted by molar-refractivity contribution is 5.79. The van der Waals surface area contributed by atoms with Crippen LogP contribution in [0.2, 0.25) is 0 Å². The lowest BCUT2D eigenvalue weighted by atomic mass is 9.81. The van der Waals surface area contributed by atoms with Crippen LogP contribution in [0.4, 0.5) is 0 Å². The van der Waals surface area contributed by atoms with Crippen molar-refractivity contribution in [2.75, 3.05) is 26.2 Å². The van der Waals surface area contributed by atoms with Gasteiger partial charge < -0.3 is 15.2 Å². The van der Waals surface area contributed by atoms with Crippen LogP contribution in [0.5, 0.6) is 0 Å². The van der Waals surface area contributed by atoms with Crippen LogP contribution in [0, 0.1) is 11.8 Å². The third kappa shape index (κ3) is 3.69. The largest absolute Gasteiger partial charge is 0.340 e. The van der Waals surface area contributed by atoms with Crippen LogP contribution in [-0.2, 0) is 11.3 Å². The Labute approximate surface area is 157 Å². The second-order valence-corrected chi connectivity index (χ2v) is 7.68. The molecular weight excluding hydrogens is 344 g/mol. The standard InChI is InChI=1S/C20H26N4O3/c25-18(23-11-9-21-10-12-23)15-7-5-14(6-8-15)13-24-19(26)16-3-1-2-4-17(16)22-20(24)27/h1-4,14-15,21H,5-13H2,(H,22,27). The Bertz CT molecular complexity index is 934. The third-order valence-corrected chi connectivity index (χ3v) is 5.95. The Morgan fingerprint density at radius 2 is 1.74 bits per heavy atom. The minimum absolute atomic E-state index is 0.0889. The normalized spacial score (nSPS) is 23.5. The van der Waals surface area contributed by atoms with Crippen molar-refractivity contribution in [2.24, 2.45) is 11.8 Å². The first-order valence-electron chi connectivity index (χ1n) is 9.85. The number of amides is 1. The van der Waals surface area contributed by atoms with Crippen molar-refractivity contribution in [3.8, 4) is 0 Å². The molecule has 1 aliphatic carbocycles. The van der Waals surface area contributed by atoms with Gasteiger partial charge >= 0.3 is 5.69 Å². The molecule has 0 spiro atoms. The van der Waals surface area contributed by atoms with Crippen molar-refractivity contribution in [3.05, 3.63) is 45.1 Å². The summed E-state index contributed by atoms with van der Waals surface area (Å²) < 4.78 is 1.32. The molecule has 27 heavy (non-hydrogen) atoms. The molecule has 144 valence electrons. The maximum atomic E-state index is 12.7. The van der Waals surface area contributed by atoms with Gasteiger partial charge in [0.15, 0.2) is 0 Å². The average Bonchev–Trinajstić information content (AvgIpc) is 2.72. The number of aromatic nitrogens is 2. The van der Waals surface area contributed by atoms with Gasteiger partial charge in [0.25, 0.3) is 5.56 Å². The molecule has 1 saturated heterocycles. The molecule has 2 aromatic rings. The summed E-state index contributed by atoms with van der Waals surface area (Å²) in [6.45, 7) is 3.75. The van der Waals surface area contributed by atoms with Crippen molar-refractivity contribution in [2.45, 2.75) is 32.2 Å². The summed E-state index contributed by atoms with van der Waals surface area (Å²) in [6, 6.07) is 7.10. The van der Waals surface area contributed by atoms with E-state index in [-0.39, 0.29) is 29.0 Å². The maximum absolute atomic E-state index is 12.7. The predicted molar refractivity (Wildman–Crippen MR) is 104 cm³/mol. The van der Waals surface area contributed by atoms with Crippen LogP contribution in [0.15, 0.2) is 33.9 Å². The Morgan fingerprint density at radius 3 is 2.48 bits per heavy atom. The van der Waals surface area contributed by atoms with Gasteiger partial charge in [-0.1, -0.05) is 12.1 Å². The lowest BCUT2D eigenvalue weighted by molar-refractivity contribution is -0.137. The second kappa shape index (κ2) is 7.68. The summed E-state index contributed by atoms with van der Waals surface area (Å²) in [4.78, 5) is 42.5. The number of aromatic amines is 1. The Hall–Kier alpha value is -2.41. The van der Waals surface area contributed by atoms with Gasteiger partial charge in [-0.25, -0.2) is 4.79 Å². The molecule has 0 radical (unpaired) electrons. The van der Waals surface area contributed by atoms with E-state index in [0.717, 1.165) is 51.9 Å². The fourth-order valence-electron chi connectivity index (χ4n) is 4.36. The van der Waals surface area contributed by atoms with E-state index in [2.05, 4.69) is 10.3 Å². The molecule has 7 nitrogen and oxygen atoms in total. The van der Waals surface area contributed by atoms with Gasteiger partial charge in [0, 0.05) is 38.6 Å². The van der Waals surface area contributed by atoms with Crippen LogP contribution in [-0.4, -0.2) is 46.5 Å². The van der Waals surface area contributed by atoms with E-state index >= 15 is 0 Å². The molecule has 2 aliphatic rings.